The fourth-order valence-electron chi connectivity index (χ4n) is 1.05. The van der Waals surface area contributed by atoms with Crippen LogP contribution in [0.1, 0.15) is 13.3 Å². The first-order chi connectivity index (χ1) is 10.7. The normalized spacial score (nSPS) is 12.0. The summed E-state index contributed by atoms with van der Waals surface area (Å²) in [5, 5.41) is 18.3. The van der Waals surface area contributed by atoms with E-state index in [1.54, 1.807) is 6.92 Å². The van der Waals surface area contributed by atoms with Crippen molar-refractivity contribution in [1.82, 2.24) is 16.2 Å². The van der Waals surface area contributed by atoms with E-state index in [0.29, 0.717) is 0 Å². The van der Waals surface area contributed by atoms with Crippen molar-refractivity contribution in [3.8, 4) is 0 Å². The van der Waals surface area contributed by atoms with Crippen LogP contribution in [0.15, 0.2) is 0 Å². The van der Waals surface area contributed by atoms with Crippen LogP contribution in [-0.2, 0) is 19.2 Å². The summed E-state index contributed by atoms with van der Waals surface area (Å²) in [5.41, 5.74) is 19.0. The van der Waals surface area contributed by atoms with Crippen LogP contribution in [0.2, 0.25) is 0 Å². The number of nitrogens with two attached hydrogens (primary N) is 3. The number of nitrogens with one attached hydrogen (secondary N) is 3. The Hall–Kier alpha value is -2.28. The maximum Gasteiger partial charge on any atom is 0.261 e. The standard InChI is InChI=1S/C9H18N6O5.C2H6O/c10-2-7(18)13-5(1-6(12)17)9(20)15-14-8(19)4(11)3-16;1-2-3/h4-5,16H,1-3,10-11H2,(H2,12,17)(H,13,18)(H,14,19)(H,15,20);3H,2H2,1H3. The fourth-order valence-corrected chi connectivity index (χ4v) is 1.05. The summed E-state index contributed by atoms with van der Waals surface area (Å²) in [7, 11) is 0. The van der Waals surface area contributed by atoms with Gasteiger partial charge >= 0.3 is 0 Å². The molecule has 23 heavy (non-hydrogen) atoms. The number of hydrazine groups is 1. The molecule has 0 saturated heterocycles. The number of hydrogen-bond donors (Lipinski definition) is 8. The Morgan fingerprint density at radius 2 is 1.57 bits per heavy atom. The Morgan fingerprint density at radius 3 is 1.96 bits per heavy atom. The topological polar surface area (TPSA) is 223 Å². The number of aliphatic hydroxyl groups is 2. The summed E-state index contributed by atoms with van der Waals surface area (Å²) in [6.45, 7) is 0.931. The second-order valence-corrected chi connectivity index (χ2v) is 4.08. The molecular formula is C11H24N6O6. The van der Waals surface area contributed by atoms with E-state index in [4.69, 9.17) is 27.4 Å². The molecule has 0 aromatic rings. The van der Waals surface area contributed by atoms with E-state index in [1.165, 1.54) is 0 Å². The molecular weight excluding hydrogens is 312 g/mol. The maximum absolute atomic E-state index is 11.7. The van der Waals surface area contributed by atoms with E-state index in [9.17, 15) is 19.2 Å². The molecule has 0 radical (unpaired) electrons. The number of rotatable bonds is 7. The third-order valence-electron chi connectivity index (χ3n) is 2.08. The average Bonchev–Trinajstić information content (AvgIpc) is 2.50. The minimum atomic E-state index is -1.28. The predicted octanol–water partition coefficient (Wildman–Crippen LogP) is -5.23. The highest BCUT2D eigenvalue weighted by Crippen LogP contribution is 1.91. The van der Waals surface area contributed by atoms with Crippen molar-refractivity contribution in [2.24, 2.45) is 17.2 Å². The summed E-state index contributed by atoms with van der Waals surface area (Å²) < 4.78 is 0. The third kappa shape index (κ3) is 12.0. The average molecular weight is 336 g/mol. The first-order valence-electron chi connectivity index (χ1n) is 6.58. The molecule has 12 heteroatoms. The van der Waals surface area contributed by atoms with Gasteiger partial charge in [-0.25, -0.2) is 0 Å². The van der Waals surface area contributed by atoms with Crippen LogP contribution in [0.25, 0.3) is 0 Å². The van der Waals surface area contributed by atoms with Crippen molar-refractivity contribution in [3.05, 3.63) is 0 Å². The van der Waals surface area contributed by atoms with Gasteiger partial charge in [-0.2, -0.15) is 0 Å². The number of carbonyl (C=O) groups is 4. The summed E-state index contributed by atoms with van der Waals surface area (Å²) in [5.74, 6) is -3.24. The van der Waals surface area contributed by atoms with Crippen molar-refractivity contribution >= 4 is 23.6 Å². The number of hydrogen-bond acceptors (Lipinski definition) is 8. The molecule has 0 aromatic carbocycles. The monoisotopic (exact) mass is 336 g/mol. The van der Waals surface area contributed by atoms with Crippen LogP contribution in [-0.4, -0.2) is 65.7 Å². The van der Waals surface area contributed by atoms with Gasteiger partial charge in [-0.15, -0.1) is 0 Å². The van der Waals surface area contributed by atoms with E-state index in [0.717, 1.165) is 0 Å². The molecule has 11 N–H and O–H groups in total. The van der Waals surface area contributed by atoms with E-state index in [-0.39, 0.29) is 13.2 Å². The molecule has 0 fully saturated rings. The Kier molecular flexibility index (Phi) is 13.4. The van der Waals surface area contributed by atoms with Crippen molar-refractivity contribution < 1.29 is 29.4 Å². The van der Waals surface area contributed by atoms with Crippen molar-refractivity contribution in [1.29, 1.82) is 0 Å². The molecule has 0 rings (SSSR count). The van der Waals surface area contributed by atoms with Gasteiger partial charge in [-0.1, -0.05) is 0 Å². The zero-order chi connectivity index (χ0) is 18.4. The Bertz CT molecular complexity index is 404. The summed E-state index contributed by atoms with van der Waals surface area (Å²) in [6.07, 6.45) is -0.473. The van der Waals surface area contributed by atoms with Gasteiger partial charge in [0.05, 0.1) is 19.6 Å². The first-order valence-corrected chi connectivity index (χ1v) is 6.58. The third-order valence-corrected chi connectivity index (χ3v) is 2.08. The Balaban J connectivity index is 0. The van der Waals surface area contributed by atoms with Crippen molar-refractivity contribution in [3.63, 3.8) is 0 Å². The highest BCUT2D eigenvalue weighted by molar-refractivity contribution is 5.93. The van der Waals surface area contributed by atoms with Gasteiger partial charge < -0.3 is 32.7 Å². The lowest BCUT2D eigenvalue weighted by Gasteiger charge is -2.17. The zero-order valence-corrected chi connectivity index (χ0v) is 12.7. The van der Waals surface area contributed by atoms with Gasteiger partial charge in [0, 0.05) is 6.61 Å². The molecule has 0 aliphatic heterocycles. The minimum absolute atomic E-state index is 0.250. The van der Waals surface area contributed by atoms with E-state index >= 15 is 0 Å². The van der Waals surface area contributed by atoms with Crippen LogP contribution in [0.4, 0.5) is 0 Å². The van der Waals surface area contributed by atoms with Crippen LogP contribution < -0.4 is 33.4 Å². The van der Waals surface area contributed by atoms with Crippen LogP contribution in [0, 0.1) is 0 Å². The Labute approximate surface area is 132 Å². The molecule has 0 spiro atoms. The SMILES string of the molecule is CCO.NCC(=O)NC(CC(N)=O)C(=O)NNC(=O)C(N)CO. The molecule has 4 amide bonds. The van der Waals surface area contributed by atoms with Gasteiger partial charge in [0.25, 0.3) is 11.8 Å². The molecule has 134 valence electrons. The lowest BCUT2D eigenvalue weighted by Crippen LogP contribution is -2.56. The number of amides is 4. The van der Waals surface area contributed by atoms with Crippen LogP contribution in [0.3, 0.4) is 0 Å². The quantitative estimate of drug-likeness (QED) is 0.209. The fraction of sp³-hybridized carbons (Fsp3) is 0.636. The summed E-state index contributed by atoms with van der Waals surface area (Å²) in [6, 6.07) is -2.50. The van der Waals surface area contributed by atoms with E-state index < -0.39 is 48.7 Å². The predicted molar refractivity (Wildman–Crippen MR) is 78.9 cm³/mol. The molecule has 0 aromatic heterocycles. The lowest BCUT2D eigenvalue weighted by molar-refractivity contribution is -0.133. The summed E-state index contributed by atoms with van der Waals surface area (Å²) >= 11 is 0. The molecule has 0 heterocycles. The molecule has 12 nitrogen and oxygen atoms in total. The van der Waals surface area contributed by atoms with Crippen molar-refractivity contribution in [2.45, 2.75) is 25.4 Å². The molecule has 0 bridgehead atoms. The lowest BCUT2D eigenvalue weighted by atomic mass is 10.2. The van der Waals surface area contributed by atoms with Gasteiger partial charge in [0.2, 0.25) is 11.8 Å². The molecule has 2 unspecified atom stereocenters. The van der Waals surface area contributed by atoms with Crippen LogP contribution in [0.5, 0.6) is 0 Å². The van der Waals surface area contributed by atoms with E-state index in [1.807, 2.05) is 10.9 Å². The molecule has 0 aliphatic carbocycles. The van der Waals surface area contributed by atoms with Gasteiger partial charge in [0.15, 0.2) is 0 Å². The highest BCUT2D eigenvalue weighted by Gasteiger charge is 2.23. The molecule has 2 atom stereocenters. The Morgan fingerprint density at radius 1 is 1.09 bits per heavy atom. The first kappa shape index (κ1) is 23.0. The second kappa shape index (κ2) is 13.4. The van der Waals surface area contributed by atoms with Gasteiger partial charge in [-0.3, -0.25) is 30.0 Å². The minimum Gasteiger partial charge on any atom is -0.397 e. The van der Waals surface area contributed by atoms with Crippen LogP contribution >= 0.6 is 0 Å². The smallest absolute Gasteiger partial charge is 0.261 e. The van der Waals surface area contributed by atoms with Crippen molar-refractivity contribution in [2.75, 3.05) is 19.8 Å². The largest absolute Gasteiger partial charge is 0.397 e. The second-order valence-electron chi connectivity index (χ2n) is 4.08. The number of carbonyl (C=O) groups excluding carboxylic acids is 4. The number of aliphatic hydroxyl groups excluding tert-OH is 2. The van der Waals surface area contributed by atoms with Gasteiger partial charge in [0.1, 0.15) is 12.1 Å². The molecule has 0 saturated carbocycles. The highest BCUT2D eigenvalue weighted by atomic mass is 16.3. The van der Waals surface area contributed by atoms with Gasteiger partial charge in [-0.05, 0) is 6.92 Å². The molecule has 0 aliphatic rings. The number of primary amides is 1. The maximum atomic E-state index is 11.7. The summed E-state index contributed by atoms with van der Waals surface area (Å²) in [4.78, 5) is 44.7. The zero-order valence-electron chi connectivity index (χ0n) is 12.7. The van der Waals surface area contributed by atoms with E-state index in [2.05, 4.69) is 5.32 Å².